The molecule has 1 aromatic heterocycles. The van der Waals surface area contributed by atoms with Crippen LogP contribution in [0.4, 0.5) is 11.6 Å². The van der Waals surface area contributed by atoms with Gasteiger partial charge in [0.1, 0.15) is 6.33 Å². The summed E-state index contributed by atoms with van der Waals surface area (Å²) in [7, 11) is 1.51. The second-order valence-corrected chi connectivity index (χ2v) is 3.57. The second-order valence-electron chi connectivity index (χ2n) is 3.57. The normalized spacial score (nSPS) is 12.0. The molecule has 1 atom stereocenters. The molecule has 7 heteroatoms. The molecule has 0 spiro atoms. The fourth-order valence-electron chi connectivity index (χ4n) is 1.45. The largest absolute Gasteiger partial charge is 0.490 e. The van der Waals surface area contributed by atoms with E-state index < -0.39 is 6.10 Å². The molecule has 17 heavy (non-hydrogen) atoms. The number of hydrazine groups is 1. The van der Waals surface area contributed by atoms with Crippen molar-refractivity contribution in [1.29, 1.82) is 0 Å². The molecular formula is C10H19N5O2. The number of anilines is 2. The molecule has 0 aliphatic heterocycles. The van der Waals surface area contributed by atoms with Gasteiger partial charge >= 0.3 is 0 Å². The third kappa shape index (κ3) is 3.72. The van der Waals surface area contributed by atoms with Gasteiger partial charge in [0.25, 0.3) is 0 Å². The first-order valence-electron chi connectivity index (χ1n) is 5.50. The highest BCUT2D eigenvalue weighted by atomic mass is 16.5. The second kappa shape index (κ2) is 6.87. The fraction of sp³-hybridized carbons (Fsp3) is 0.600. The number of aliphatic hydroxyl groups excluding tert-OH is 1. The first kappa shape index (κ1) is 13.5. The van der Waals surface area contributed by atoms with Crippen molar-refractivity contribution < 1.29 is 9.84 Å². The quantitative estimate of drug-likeness (QED) is 0.403. The highest BCUT2D eigenvalue weighted by Crippen LogP contribution is 2.27. The zero-order valence-corrected chi connectivity index (χ0v) is 10.1. The molecule has 1 rings (SSSR count). The lowest BCUT2D eigenvalue weighted by Gasteiger charge is -2.14. The zero-order valence-electron chi connectivity index (χ0n) is 10.1. The number of hydrogen-bond acceptors (Lipinski definition) is 7. The summed E-state index contributed by atoms with van der Waals surface area (Å²) in [6, 6.07) is 0. The van der Waals surface area contributed by atoms with Crippen molar-refractivity contribution in [3.8, 4) is 5.75 Å². The summed E-state index contributed by atoms with van der Waals surface area (Å²) in [4.78, 5) is 7.95. The Morgan fingerprint density at radius 1 is 1.47 bits per heavy atom. The predicted octanol–water partition coefficient (Wildman–Crippen LogP) is 0.344. The summed E-state index contributed by atoms with van der Waals surface area (Å²) >= 11 is 0. The van der Waals surface area contributed by atoms with Crippen LogP contribution in [0.3, 0.4) is 0 Å². The summed E-state index contributed by atoms with van der Waals surface area (Å²) in [6.07, 6.45) is 2.63. The summed E-state index contributed by atoms with van der Waals surface area (Å²) in [5, 5.41) is 12.6. The highest BCUT2D eigenvalue weighted by molar-refractivity contribution is 5.62. The van der Waals surface area contributed by atoms with Gasteiger partial charge in [0.05, 0.1) is 13.2 Å². The van der Waals surface area contributed by atoms with Crippen LogP contribution in [0.25, 0.3) is 0 Å². The number of nitrogens with one attached hydrogen (secondary N) is 2. The molecule has 0 aliphatic carbocycles. The summed E-state index contributed by atoms with van der Waals surface area (Å²) in [5.74, 6) is 6.63. The maximum absolute atomic E-state index is 9.61. The van der Waals surface area contributed by atoms with E-state index in [0.29, 0.717) is 23.9 Å². The molecule has 0 fully saturated rings. The lowest BCUT2D eigenvalue weighted by molar-refractivity contribution is 0.176. The van der Waals surface area contributed by atoms with Crippen LogP contribution in [0.15, 0.2) is 6.33 Å². The molecule has 7 nitrogen and oxygen atoms in total. The third-order valence-corrected chi connectivity index (χ3v) is 2.27. The van der Waals surface area contributed by atoms with Crippen LogP contribution in [0.2, 0.25) is 0 Å². The molecule has 1 heterocycles. The lowest BCUT2D eigenvalue weighted by Crippen LogP contribution is -2.20. The average Bonchev–Trinajstić information content (AvgIpc) is 2.36. The monoisotopic (exact) mass is 241 g/mol. The van der Waals surface area contributed by atoms with Gasteiger partial charge in [-0.05, 0) is 6.42 Å². The van der Waals surface area contributed by atoms with Crippen LogP contribution in [0.1, 0.15) is 19.8 Å². The van der Waals surface area contributed by atoms with Gasteiger partial charge in [0.15, 0.2) is 11.6 Å². The van der Waals surface area contributed by atoms with Gasteiger partial charge in [0, 0.05) is 6.54 Å². The number of ether oxygens (including phenoxy) is 1. The van der Waals surface area contributed by atoms with E-state index in [4.69, 9.17) is 10.6 Å². The first-order chi connectivity index (χ1) is 8.22. The molecule has 1 aromatic rings. The van der Waals surface area contributed by atoms with E-state index in [2.05, 4.69) is 20.7 Å². The minimum Gasteiger partial charge on any atom is -0.490 e. The Labute approximate surface area is 100 Å². The van der Waals surface area contributed by atoms with E-state index in [1.54, 1.807) is 0 Å². The Balaban J connectivity index is 2.70. The van der Waals surface area contributed by atoms with Gasteiger partial charge < -0.3 is 20.6 Å². The van der Waals surface area contributed by atoms with Crippen LogP contribution in [-0.4, -0.2) is 34.8 Å². The molecular weight excluding hydrogens is 222 g/mol. The zero-order chi connectivity index (χ0) is 12.7. The number of aromatic nitrogens is 2. The smallest absolute Gasteiger partial charge is 0.205 e. The van der Waals surface area contributed by atoms with Crippen molar-refractivity contribution in [3.05, 3.63) is 6.33 Å². The lowest BCUT2D eigenvalue weighted by atomic mass is 10.2. The van der Waals surface area contributed by atoms with Crippen molar-refractivity contribution in [2.45, 2.75) is 25.9 Å². The van der Waals surface area contributed by atoms with Gasteiger partial charge in [-0.15, -0.1) is 0 Å². The van der Waals surface area contributed by atoms with Crippen molar-refractivity contribution in [2.24, 2.45) is 5.84 Å². The Kier molecular flexibility index (Phi) is 5.44. The third-order valence-electron chi connectivity index (χ3n) is 2.27. The number of aliphatic hydroxyl groups is 1. The van der Waals surface area contributed by atoms with Gasteiger partial charge in [-0.3, -0.25) is 0 Å². The average molecular weight is 241 g/mol. The number of hydrogen-bond donors (Lipinski definition) is 4. The Morgan fingerprint density at radius 3 is 2.76 bits per heavy atom. The van der Waals surface area contributed by atoms with Gasteiger partial charge in [-0.1, -0.05) is 13.3 Å². The maximum Gasteiger partial charge on any atom is 0.205 e. The van der Waals surface area contributed by atoms with Crippen LogP contribution in [-0.2, 0) is 0 Å². The van der Waals surface area contributed by atoms with Crippen molar-refractivity contribution >= 4 is 11.6 Å². The molecule has 0 radical (unpaired) electrons. The summed E-state index contributed by atoms with van der Waals surface area (Å²) in [5.41, 5.74) is 2.42. The number of nitrogens with two attached hydrogens (primary N) is 1. The van der Waals surface area contributed by atoms with E-state index in [1.165, 1.54) is 13.4 Å². The molecule has 0 amide bonds. The van der Waals surface area contributed by atoms with Crippen molar-refractivity contribution in [1.82, 2.24) is 9.97 Å². The molecule has 0 bridgehead atoms. The molecule has 0 aromatic carbocycles. The van der Waals surface area contributed by atoms with E-state index in [9.17, 15) is 5.11 Å². The first-order valence-corrected chi connectivity index (χ1v) is 5.50. The van der Waals surface area contributed by atoms with Crippen LogP contribution in [0, 0.1) is 0 Å². The van der Waals surface area contributed by atoms with Crippen LogP contribution >= 0.6 is 0 Å². The fourth-order valence-corrected chi connectivity index (χ4v) is 1.45. The molecule has 96 valence electrons. The molecule has 5 N–H and O–H groups in total. The molecule has 1 unspecified atom stereocenters. The Morgan fingerprint density at radius 2 is 2.18 bits per heavy atom. The van der Waals surface area contributed by atoms with Crippen molar-refractivity contribution in [2.75, 3.05) is 24.4 Å². The van der Waals surface area contributed by atoms with Crippen LogP contribution < -0.4 is 21.3 Å². The standard InChI is InChI=1S/C10H19N5O2/c1-3-4-7(16)5-12-9-8(17-2)10(15-11)14-6-13-9/h6-7,16H,3-5,11H2,1-2H3,(H2,12,13,14,15). The van der Waals surface area contributed by atoms with Crippen molar-refractivity contribution in [3.63, 3.8) is 0 Å². The highest BCUT2D eigenvalue weighted by Gasteiger charge is 2.12. The topological polar surface area (TPSA) is 105 Å². The molecule has 0 saturated carbocycles. The Bertz CT molecular complexity index is 347. The molecule has 0 aliphatic rings. The number of rotatable bonds is 7. The minimum atomic E-state index is -0.408. The van der Waals surface area contributed by atoms with E-state index in [-0.39, 0.29) is 0 Å². The van der Waals surface area contributed by atoms with E-state index in [0.717, 1.165) is 12.8 Å². The Hall–Kier alpha value is -1.60. The van der Waals surface area contributed by atoms with Gasteiger partial charge in [-0.2, -0.15) is 0 Å². The number of nitrogens with zero attached hydrogens (tertiary/aromatic N) is 2. The number of nitrogen functional groups attached to an aromatic ring is 1. The summed E-state index contributed by atoms with van der Waals surface area (Å²) < 4.78 is 5.15. The van der Waals surface area contributed by atoms with Crippen LogP contribution in [0.5, 0.6) is 5.75 Å². The maximum atomic E-state index is 9.61. The van der Waals surface area contributed by atoms with E-state index in [1.807, 2.05) is 6.92 Å². The SMILES string of the molecule is CCCC(O)CNc1ncnc(NN)c1OC. The predicted molar refractivity (Wildman–Crippen MR) is 65.8 cm³/mol. The van der Waals surface area contributed by atoms with Gasteiger partial charge in [-0.25, -0.2) is 15.8 Å². The van der Waals surface area contributed by atoms with Gasteiger partial charge in [0.2, 0.25) is 5.75 Å². The minimum absolute atomic E-state index is 0.398. The molecule has 0 saturated heterocycles. The van der Waals surface area contributed by atoms with E-state index >= 15 is 0 Å². The summed E-state index contributed by atoms with van der Waals surface area (Å²) in [6.45, 7) is 2.43. The number of methoxy groups -OCH3 is 1.